The highest BCUT2D eigenvalue weighted by Gasteiger charge is 2.30. The van der Waals surface area contributed by atoms with Crippen LogP contribution in [0.1, 0.15) is 33.3 Å². The molecule has 1 amide bonds. The van der Waals surface area contributed by atoms with E-state index in [0.717, 1.165) is 16.8 Å². The van der Waals surface area contributed by atoms with Crippen LogP contribution in [0.25, 0.3) is 5.69 Å². The number of rotatable bonds is 5. The number of carbonyl (C=O) groups excluding carboxylic acids is 2. The molecule has 6 nitrogen and oxygen atoms in total. The van der Waals surface area contributed by atoms with Crippen molar-refractivity contribution in [2.24, 2.45) is 0 Å². The lowest BCUT2D eigenvalue weighted by molar-refractivity contribution is -0.137. The summed E-state index contributed by atoms with van der Waals surface area (Å²) in [6.07, 6.45) is -3.19. The van der Waals surface area contributed by atoms with Crippen molar-refractivity contribution in [2.75, 3.05) is 12.4 Å². The lowest BCUT2D eigenvalue weighted by Crippen LogP contribution is -2.14. The van der Waals surface area contributed by atoms with Gasteiger partial charge in [0.2, 0.25) is 0 Å². The number of hydrogen-bond acceptors (Lipinski definition) is 4. The molecule has 1 aromatic heterocycles. The molecular weight excluding hydrogens is 387 g/mol. The first kappa shape index (κ1) is 20.1. The molecule has 0 aliphatic heterocycles. The number of ether oxygens (including phenoxy) is 1. The largest absolute Gasteiger partial charge is 0.493 e. The second-order valence-corrected chi connectivity index (χ2v) is 6.13. The van der Waals surface area contributed by atoms with Crippen LogP contribution in [-0.4, -0.2) is 28.6 Å². The molecule has 0 bridgehead atoms. The number of halogens is 3. The van der Waals surface area contributed by atoms with E-state index in [0.29, 0.717) is 11.3 Å². The van der Waals surface area contributed by atoms with Gasteiger partial charge >= 0.3 is 6.18 Å². The number of nitrogens with zero attached hydrogens (tertiary/aromatic N) is 2. The van der Waals surface area contributed by atoms with E-state index in [1.807, 2.05) is 0 Å². The molecule has 3 aromatic rings. The van der Waals surface area contributed by atoms with E-state index in [-0.39, 0.29) is 22.9 Å². The summed E-state index contributed by atoms with van der Waals surface area (Å²) in [7, 11) is 1.32. The third-order valence-electron chi connectivity index (χ3n) is 4.08. The highest BCUT2D eigenvalue weighted by atomic mass is 19.4. The summed E-state index contributed by atoms with van der Waals surface area (Å²) in [5.41, 5.74) is -0.0342. The highest BCUT2D eigenvalue weighted by molar-refractivity contribution is 6.05. The zero-order valence-electron chi connectivity index (χ0n) is 15.4. The fourth-order valence-corrected chi connectivity index (χ4v) is 2.63. The molecule has 0 fully saturated rings. The topological polar surface area (TPSA) is 73.2 Å². The van der Waals surface area contributed by atoms with E-state index in [2.05, 4.69) is 10.4 Å². The van der Waals surface area contributed by atoms with Gasteiger partial charge in [-0.1, -0.05) is 18.2 Å². The Kier molecular flexibility index (Phi) is 5.40. The Bertz CT molecular complexity index is 1070. The molecule has 3 rings (SSSR count). The average Bonchev–Trinajstić information content (AvgIpc) is 3.12. The summed E-state index contributed by atoms with van der Waals surface area (Å²) < 4.78 is 45.1. The van der Waals surface area contributed by atoms with Gasteiger partial charge in [0, 0.05) is 11.3 Å². The number of aromatic nitrogens is 2. The molecule has 1 N–H and O–H groups in total. The molecule has 0 radical (unpaired) electrons. The van der Waals surface area contributed by atoms with Gasteiger partial charge in [0.15, 0.2) is 17.2 Å². The molecule has 2 aromatic carbocycles. The lowest BCUT2D eigenvalue weighted by atomic mass is 10.1. The summed E-state index contributed by atoms with van der Waals surface area (Å²) in [5.74, 6) is -0.705. The van der Waals surface area contributed by atoms with Crippen molar-refractivity contribution < 1.29 is 27.5 Å². The zero-order chi connectivity index (χ0) is 21.2. The fourth-order valence-electron chi connectivity index (χ4n) is 2.63. The number of methoxy groups -OCH3 is 1. The van der Waals surface area contributed by atoms with Crippen molar-refractivity contribution in [3.8, 4) is 11.4 Å². The smallest absolute Gasteiger partial charge is 0.416 e. The summed E-state index contributed by atoms with van der Waals surface area (Å²) in [5, 5.41) is 6.68. The molecule has 0 unspecified atom stereocenters. The first-order valence-electron chi connectivity index (χ1n) is 8.42. The van der Waals surface area contributed by atoms with E-state index in [9.17, 15) is 22.8 Å². The van der Waals surface area contributed by atoms with E-state index < -0.39 is 17.6 Å². The maximum atomic E-state index is 13.0. The average molecular weight is 403 g/mol. The molecule has 0 aliphatic rings. The number of ketones is 1. The Hall–Kier alpha value is -3.62. The van der Waals surface area contributed by atoms with Crippen molar-refractivity contribution in [1.29, 1.82) is 0 Å². The molecule has 9 heteroatoms. The second kappa shape index (κ2) is 7.78. The van der Waals surface area contributed by atoms with Crippen molar-refractivity contribution in [3.63, 3.8) is 0 Å². The van der Waals surface area contributed by atoms with E-state index in [4.69, 9.17) is 4.74 Å². The summed E-state index contributed by atoms with van der Waals surface area (Å²) in [4.78, 5) is 24.1. The van der Waals surface area contributed by atoms with Crippen LogP contribution in [0.15, 0.2) is 54.7 Å². The molecular formula is C20H16F3N3O3. The van der Waals surface area contributed by atoms with Gasteiger partial charge in [0.1, 0.15) is 0 Å². The third kappa shape index (κ3) is 4.45. The number of Topliss-reactive ketones (excluding diaryl/α,β-unsaturated/α-hetero) is 1. The van der Waals surface area contributed by atoms with Crippen LogP contribution in [0.2, 0.25) is 0 Å². The summed E-state index contributed by atoms with van der Waals surface area (Å²) in [6.45, 7) is 1.40. The molecule has 0 atom stereocenters. The Morgan fingerprint density at radius 2 is 1.83 bits per heavy atom. The maximum Gasteiger partial charge on any atom is 0.416 e. The van der Waals surface area contributed by atoms with Crippen LogP contribution in [0, 0.1) is 0 Å². The number of hydrogen-bond donors (Lipinski definition) is 1. The predicted octanol–water partition coefficient (Wildman–Crippen LogP) is 4.35. The monoisotopic (exact) mass is 403 g/mol. The molecule has 0 aliphatic carbocycles. The van der Waals surface area contributed by atoms with Crippen LogP contribution >= 0.6 is 0 Å². The number of nitrogens with one attached hydrogen (secondary N) is 1. The third-order valence-corrected chi connectivity index (χ3v) is 4.08. The minimum absolute atomic E-state index is 0.0858. The van der Waals surface area contributed by atoms with Crippen LogP contribution in [0.5, 0.6) is 5.75 Å². The van der Waals surface area contributed by atoms with Gasteiger partial charge in [0.05, 0.1) is 24.6 Å². The lowest BCUT2D eigenvalue weighted by Gasteiger charge is -2.08. The van der Waals surface area contributed by atoms with Crippen LogP contribution in [0.3, 0.4) is 0 Å². The number of anilines is 1. The first-order chi connectivity index (χ1) is 13.7. The molecule has 29 heavy (non-hydrogen) atoms. The summed E-state index contributed by atoms with van der Waals surface area (Å²) in [6, 6.07) is 10.9. The normalized spacial score (nSPS) is 11.2. The quantitative estimate of drug-likeness (QED) is 0.643. The van der Waals surface area contributed by atoms with Gasteiger partial charge in [-0.15, -0.1) is 0 Å². The zero-order valence-corrected chi connectivity index (χ0v) is 15.4. The van der Waals surface area contributed by atoms with Crippen molar-refractivity contribution >= 4 is 17.4 Å². The van der Waals surface area contributed by atoms with Crippen LogP contribution in [-0.2, 0) is 6.18 Å². The summed E-state index contributed by atoms with van der Waals surface area (Å²) >= 11 is 0. The van der Waals surface area contributed by atoms with E-state index >= 15 is 0 Å². The van der Waals surface area contributed by atoms with Gasteiger partial charge in [-0.2, -0.15) is 18.3 Å². The molecule has 1 heterocycles. The van der Waals surface area contributed by atoms with Gasteiger partial charge in [0.25, 0.3) is 5.91 Å². The molecule has 0 saturated carbocycles. The molecule has 0 saturated heterocycles. The highest BCUT2D eigenvalue weighted by Crippen LogP contribution is 2.31. The standard InChI is InChI=1S/C20H16F3N3O3/c1-12(27)13-5-3-7-15(9-13)24-19(28)18-17(29-2)11-26(25-18)16-8-4-6-14(10-16)20(21,22)23/h3-11H,1-2H3,(H,24,28). The van der Waals surface area contributed by atoms with Crippen molar-refractivity contribution in [1.82, 2.24) is 9.78 Å². The molecule has 150 valence electrons. The Morgan fingerprint density at radius 1 is 1.10 bits per heavy atom. The van der Waals surface area contributed by atoms with E-state index in [1.165, 1.54) is 38.4 Å². The van der Waals surface area contributed by atoms with Gasteiger partial charge < -0.3 is 10.1 Å². The first-order valence-corrected chi connectivity index (χ1v) is 8.42. The number of carbonyl (C=O) groups is 2. The van der Waals surface area contributed by atoms with Crippen LogP contribution in [0.4, 0.5) is 18.9 Å². The Balaban J connectivity index is 1.91. The van der Waals surface area contributed by atoms with Gasteiger partial charge in [-0.05, 0) is 37.3 Å². The van der Waals surface area contributed by atoms with Crippen LogP contribution < -0.4 is 10.1 Å². The van der Waals surface area contributed by atoms with E-state index in [1.54, 1.807) is 18.2 Å². The predicted molar refractivity (Wildman–Crippen MR) is 99.5 cm³/mol. The Labute approximate surface area is 163 Å². The van der Waals surface area contributed by atoms with Crippen molar-refractivity contribution in [3.05, 3.63) is 71.5 Å². The SMILES string of the molecule is COc1cn(-c2cccc(C(F)(F)F)c2)nc1C(=O)Nc1cccc(C(C)=O)c1. The number of alkyl halides is 3. The maximum absolute atomic E-state index is 13.0. The fraction of sp³-hybridized carbons (Fsp3) is 0.150. The van der Waals surface area contributed by atoms with Crippen molar-refractivity contribution in [2.45, 2.75) is 13.1 Å². The minimum Gasteiger partial charge on any atom is -0.493 e. The molecule has 0 spiro atoms. The number of amides is 1. The Morgan fingerprint density at radius 3 is 2.48 bits per heavy atom. The number of benzene rings is 2. The second-order valence-electron chi connectivity index (χ2n) is 6.13. The van der Waals surface area contributed by atoms with Gasteiger partial charge in [-0.25, -0.2) is 4.68 Å². The minimum atomic E-state index is -4.50. The van der Waals surface area contributed by atoms with Gasteiger partial charge in [-0.3, -0.25) is 9.59 Å².